The van der Waals surface area contributed by atoms with Gasteiger partial charge in [0.05, 0.1) is 0 Å². The predicted octanol–water partition coefficient (Wildman–Crippen LogP) is 3.00. The highest BCUT2D eigenvalue weighted by Crippen LogP contribution is 2.43. The zero-order chi connectivity index (χ0) is 13.4. The van der Waals surface area contributed by atoms with Gasteiger partial charge in [-0.1, -0.05) is 26.2 Å². The molecule has 3 aliphatic rings. The van der Waals surface area contributed by atoms with Crippen LogP contribution in [0.1, 0.15) is 51.9 Å². The average molecular weight is 265 g/mol. The maximum absolute atomic E-state index is 11.6. The molecule has 3 rings (SSSR count). The first-order valence-electron chi connectivity index (χ1n) is 8.12. The fourth-order valence-corrected chi connectivity index (χ4v) is 4.76. The van der Waals surface area contributed by atoms with Crippen LogP contribution in [0.15, 0.2) is 0 Å². The van der Waals surface area contributed by atoms with Crippen molar-refractivity contribution in [3.8, 4) is 0 Å². The molecular formula is C16H27NO2. The van der Waals surface area contributed by atoms with Gasteiger partial charge in [-0.15, -0.1) is 0 Å². The van der Waals surface area contributed by atoms with E-state index in [9.17, 15) is 9.90 Å². The monoisotopic (exact) mass is 265 g/mol. The third kappa shape index (κ3) is 2.67. The summed E-state index contributed by atoms with van der Waals surface area (Å²) in [5.74, 6) is 2.17. The first-order chi connectivity index (χ1) is 9.15. The molecule has 2 saturated carbocycles. The Morgan fingerprint density at radius 3 is 2.58 bits per heavy atom. The summed E-state index contributed by atoms with van der Waals surface area (Å²) >= 11 is 0. The van der Waals surface area contributed by atoms with E-state index in [1.54, 1.807) is 0 Å². The Hall–Kier alpha value is -0.570. The maximum Gasteiger partial charge on any atom is 0.321 e. The lowest BCUT2D eigenvalue weighted by atomic mass is 9.82. The van der Waals surface area contributed by atoms with Crippen molar-refractivity contribution in [3.05, 3.63) is 0 Å². The van der Waals surface area contributed by atoms with Gasteiger partial charge in [0.1, 0.15) is 6.04 Å². The summed E-state index contributed by atoms with van der Waals surface area (Å²) in [6.07, 6.45) is 8.92. The Bertz CT molecular complexity index is 336. The number of nitrogens with zero attached hydrogens (tertiary/aromatic N) is 1. The highest BCUT2D eigenvalue weighted by atomic mass is 16.4. The topological polar surface area (TPSA) is 40.5 Å². The molecule has 3 nitrogen and oxygen atoms in total. The summed E-state index contributed by atoms with van der Waals surface area (Å²) in [4.78, 5) is 13.9. The highest BCUT2D eigenvalue weighted by molar-refractivity contribution is 5.74. The summed E-state index contributed by atoms with van der Waals surface area (Å²) in [7, 11) is 0. The Morgan fingerprint density at radius 1 is 1.16 bits per heavy atom. The van der Waals surface area contributed by atoms with Crippen LogP contribution in [0.2, 0.25) is 0 Å². The lowest BCUT2D eigenvalue weighted by Crippen LogP contribution is -2.42. The molecule has 3 unspecified atom stereocenters. The quantitative estimate of drug-likeness (QED) is 0.853. The first kappa shape index (κ1) is 13.4. The van der Waals surface area contributed by atoms with Gasteiger partial charge in [-0.3, -0.25) is 9.69 Å². The van der Waals surface area contributed by atoms with Crippen molar-refractivity contribution in [2.75, 3.05) is 13.1 Å². The van der Waals surface area contributed by atoms with Crippen molar-refractivity contribution < 1.29 is 9.90 Å². The molecule has 1 heterocycles. The van der Waals surface area contributed by atoms with Gasteiger partial charge in [-0.2, -0.15) is 0 Å². The van der Waals surface area contributed by atoms with Crippen LogP contribution in [0.3, 0.4) is 0 Å². The van der Waals surface area contributed by atoms with E-state index in [2.05, 4.69) is 11.8 Å². The van der Waals surface area contributed by atoms with Crippen molar-refractivity contribution >= 4 is 5.97 Å². The van der Waals surface area contributed by atoms with Crippen LogP contribution in [0.5, 0.6) is 0 Å². The molecule has 3 fully saturated rings. The lowest BCUT2D eigenvalue weighted by Gasteiger charge is -2.32. The fraction of sp³-hybridized carbons (Fsp3) is 0.938. The normalized spacial score (nSPS) is 43.3. The minimum absolute atomic E-state index is 0.174. The number of fused-ring (bicyclic) bond motifs is 1. The lowest BCUT2D eigenvalue weighted by molar-refractivity contribution is -0.143. The number of aliphatic carboxylic acids is 1. The molecule has 108 valence electrons. The van der Waals surface area contributed by atoms with Crippen LogP contribution < -0.4 is 0 Å². The summed E-state index contributed by atoms with van der Waals surface area (Å²) < 4.78 is 0. The Morgan fingerprint density at radius 2 is 1.89 bits per heavy atom. The van der Waals surface area contributed by atoms with Crippen LogP contribution in [0.4, 0.5) is 0 Å². The zero-order valence-electron chi connectivity index (χ0n) is 12.1. The number of carboxylic acid groups (broad SMARTS) is 1. The van der Waals surface area contributed by atoms with Crippen LogP contribution in [0, 0.1) is 23.7 Å². The zero-order valence-corrected chi connectivity index (χ0v) is 12.1. The van der Waals surface area contributed by atoms with Crippen LogP contribution >= 0.6 is 0 Å². The van der Waals surface area contributed by atoms with E-state index in [-0.39, 0.29) is 6.04 Å². The molecule has 0 radical (unpaired) electrons. The van der Waals surface area contributed by atoms with Gasteiger partial charge in [0.15, 0.2) is 0 Å². The highest BCUT2D eigenvalue weighted by Gasteiger charge is 2.47. The van der Waals surface area contributed by atoms with E-state index < -0.39 is 5.97 Å². The molecule has 1 N–H and O–H groups in total. The first-order valence-corrected chi connectivity index (χ1v) is 8.12. The molecule has 0 bridgehead atoms. The van der Waals surface area contributed by atoms with Crippen molar-refractivity contribution in [3.63, 3.8) is 0 Å². The second-order valence-electron chi connectivity index (χ2n) is 7.22. The third-order valence-electron chi connectivity index (χ3n) is 5.87. The smallest absolute Gasteiger partial charge is 0.321 e. The summed E-state index contributed by atoms with van der Waals surface area (Å²) in [5.41, 5.74) is 0. The van der Waals surface area contributed by atoms with E-state index in [1.165, 1.54) is 38.5 Å². The predicted molar refractivity (Wildman–Crippen MR) is 74.9 cm³/mol. The standard InChI is InChI=1S/C16H27NO2/c1-11-5-7-12(8-6-11)9-17-10-13-3-2-4-14(13)15(17)16(18)19/h11-15H,2-10H2,1H3,(H,18,19). The summed E-state index contributed by atoms with van der Waals surface area (Å²) in [6, 6.07) is -0.174. The second-order valence-corrected chi connectivity index (χ2v) is 7.22. The van der Waals surface area contributed by atoms with E-state index >= 15 is 0 Å². The number of rotatable bonds is 3. The van der Waals surface area contributed by atoms with Gasteiger partial charge in [0.2, 0.25) is 0 Å². The number of hydrogen-bond donors (Lipinski definition) is 1. The molecule has 3 atom stereocenters. The minimum Gasteiger partial charge on any atom is -0.480 e. The summed E-state index contributed by atoms with van der Waals surface area (Å²) in [6.45, 7) is 4.43. The second kappa shape index (κ2) is 5.43. The fourth-order valence-electron chi connectivity index (χ4n) is 4.76. The third-order valence-corrected chi connectivity index (χ3v) is 5.87. The van der Waals surface area contributed by atoms with E-state index in [1.807, 2.05) is 0 Å². The van der Waals surface area contributed by atoms with E-state index in [0.29, 0.717) is 11.8 Å². The number of likely N-dealkylation sites (tertiary alicyclic amines) is 1. The molecule has 0 aromatic rings. The number of hydrogen-bond acceptors (Lipinski definition) is 2. The Labute approximate surface area is 116 Å². The molecular weight excluding hydrogens is 238 g/mol. The van der Waals surface area contributed by atoms with Crippen molar-refractivity contribution in [1.82, 2.24) is 4.90 Å². The van der Waals surface area contributed by atoms with Crippen molar-refractivity contribution in [2.45, 2.75) is 57.9 Å². The Kier molecular flexibility index (Phi) is 3.84. The van der Waals surface area contributed by atoms with Gasteiger partial charge in [-0.05, 0) is 49.4 Å². The SMILES string of the molecule is CC1CCC(CN2CC3CCCC3C2C(=O)O)CC1. The molecule has 0 aromatic heterocycles. The van der Waals surface area contributed by atoms with Gasteiger partial charge in [-0.25, -0.2) is 0 Å². The van der Waals surface area contributed by atoms with Crippen molar-refractivity contribution in [1.29, 1.82) is 0 Å². The molecule has 2 aliphatic carbocycles. The molecule has 0 aromatic carbocycles. The van der Waals surface area contributed by atoms with Gasteiger partial charge >= 0.3 is 5.97 Å². The summed E-state index contributed by atoms with van der Waals surface area (Å²) in [5, 5.41) is 9.56. The molecule has 0 spiro atoms. The number of carboxylic acids is 1. The van der Waals surface area contributed by atoms with Crippen LogP contribution in [-0.4, -0.2) is 35.1 Å². The number of carbonyl (C=O) groups is 1. The molecule has 1 aliphatic heterocycles. The molecule has 1 saturated heterocycles. The maximum atomic E-state index is 11.6. The van der Waals surface area contributed by atoms with E-state index in [0.717, 1.165) is 31.3 Å². The van der Waals surface area contributed by atoms with Gasteiger partial charge in [0, 0.05) is 13.1 Å². The molecule has 19 heavy (non-hydrogen) atoms. The van der Waals surface area contributed by atoms with E-state index in [4.69, 9.17) is 0 Å². The Balaban J connectivity index is 1.62. The van der Waals surface area contributed by atoms with Crippen LogP contribution in [-0.2, 0) is 4.79 Å². The molecule has 3 heteroatoms. The average Bonchev–Trinajstić information content (AvgIpc) is 2.91. The van der Waals surface area contributed by atoms with Crippen molar-refractivity contribution in [2.24, 2.45) is 23.7 Å². The van der Waals surface area contributed by atoms with Gasteiger partial charge in [0.25, 0.3) is 0 Å². The molecule has 0 amide bonds. The minimum atomic E-state index is -0.571. The van der Waals surface area contributed by atoms with Crippen LogP contribution in [0.25, 0.3) is 0 Å². The largest absolute Gasteiger partial charge is 0.480 e. The van der Waals surface area contributed by atoms with Gasteiger partial charge < -0.3 is 5.11 Å².